The minimum absolute atomic E-state index is 0.150. The van der Waals surface area contributed by atoms with Gasteiger partial charge in [0.15, 0.2) is 0 Å². The fourth-order valence-corrected chi connectivity index (χ4v) is 2.79. The fraction of sp³-hybridized carbons (Fsp3) is 0.500. The van der Waals surface area contributed by atoms with Gasteiger partial charge in [-0.25, -0.2) is 0 Å². The normalized spacial score (nSPS) is 10.5. The molecule has 0 bridgehead atoms. The van der Waals surface area contributed by atoms with Crippen molar-refractivity contribution in [1.29, 1.82) is 0 Å². The summed E-state index contributed by atoms with van der Waals surface area (Å²) < 4.78 is 0.544. The van der Waals surface area contributed by atoms with Gasteiger partial charge in [0, 0.05) is 11.8 Å². The number of halogens is 1. The van der Waals surface area contributed by atoms with Crippen molar-refractivity contribution in [3.05, 3.63) is 38.3 Å². The Labute approximate surface area is 114 Å². The van der Waals surface area contributed by atoms with Crippen LogP contribution < -0.4 is 0 Å². The van der Waals surface area contributed by atoms with Crippen LogP contribution in [0.1, 0.15) is 31.7 Å². The lowest BCUT2D eigenvalue weighted by atomic mass is 10.2. The zero-order chi connectivity index (χ0) is 12.7. The Hall–Kier alpha value is -0.550. The van der Waals surface area contributed by atoms with Crippen LogP contribution in [0, 0.1) is 10.1 Å². The summed E-state index contributed by atoms with van der Waals surface area (Å²) in [6.45, 7) is 2.18. The molecule has 0 radical (unpaired) electrons. The second-order valence-corrected chi connectivity index (χ2v) is 5.76. The van der Waals surface area contributed by atoms with Crippen LogP contribution in [0.2, 0.25) is 0 Å². The Morgan fingerprint density at radius 1 is 1.41 bits per heavy atom. The van der Waals surface area contributed by atoms with Crippen LogP contribution in [0.5, 0.6) is 0 Å². The molecule has 0 unspecified atom stereocenters. The molecule has 0 saturated carbocycles. The monoisotopic (exact) mass is 317 g/mol. The lowest BCUT2D eigenvalue weighted by molar-refractivity contribution is -0.385. The molecule has 0 aliphatic carbocycles. The standard InChI is InChI=1S/C12H16BrNO2S/c1-2-3-4-7-17-9-10-5-6-11(13)12(8-10)14(15)16/h5-6,8H,2-4,7,9H2,1H3. The Morgan fingerprint density at radius 3 is 2.82 bits per heavy atom. The number of hydrogen-bond acceptors (Lipinski definition) is 3. The maximum absolute atomic E-state index is 10.8. The van der Waals surface area contributed by atoms with Gasteiger partial charge in [-0.1, -0.05) is 25.8 Å². The molecule has 0 heterocycles. The lowest BCUT2D eigenvalue weighted by Gasteiger charge is -2.03. The molecular weight excluding hydrogens is 302 g/mol. The predicted molar refractivity (Wildman–Crippen MR) is 76.5 cm³/mol. The van der Waals surface area contributed by atoms with Gasteiger partial charge in [-0.15, -0.1) is 0 Å². The van der Waals surface area contributed by atoms with E-state index in [1.807, 2.05) is 17.8 Å². The molecule has 17 heavy (non-hydrogen) atoms. The fourth-order valence-electron chi connectivity index (χ4n) is 1.43. The van der Waals surface area contributed by atoms with Gasteiger partial charge in [0.05, 0.1) is 9.40 Å². The quantitative estimate of drug-likeness (QED) is 0.413. The van der Waals surface area contributed by atoms with E-state index in [-0.39, 0.29) is 10.6 Å². The molecule has 1 rings (SSSR count). The van der Waals surface area contributed by atoms with Gasteiger partial charge in [-0.3, -0.25) is 10.1 Å². The van der Waals surface area contributed by atoms with E-state index in [1.165, 1.54) is 19.3 Å². The molecule has 0 atom stereocenters. The topological polar surface area (TPSA) is 43.1 Å². The number of unbranched alkanes of at least 4 members (excludes halogenated alkanes) is 2. The third-order valence-corrected chi connectivity index (χ3v) is 4.15. The first-order valence-corrected chi connectivity index (χ1v) is 7.60. The first-order valence-electron chi connectivity index (χ1n) is 5.65. The second kappa shape index (κ2) is 7.71. The highest BCUT2D eigenvalue weighted by molar-refractivity contribution is 9.10. The highest BCUT2D eigenvalue weighted by Crippen LogP contribution is 2.27. The number of benzene rings is 1. The summed E-state index contributed by atoms with van der Waals surface area (Å²) in [6, 6.07) is 5.33. The first-order chi connectivity index (χ1) is 8.15. The van der Waals surface area contributed by atoms with Crippen LogP contribution >= 0.6 is 27.7 Å². The average Bonchev–Trinajstić information content (AvgIpc) is 2.30. The average molecular weight is 318 g/mol. The molecule has 0 saturated heterocycles. The van der Waals surface area contributed by atoms with E-state index in [0.29, 0.717) is 4.47 Å². The molecule has 1 aromatic rings. The SMILES string of the molecule is CCCCCSCc1ccc(Br)c([N+](=O)[O-])c1. The van der Waals surface area contributed by atoms with E-state index in [4.69, 9.17) is 0 Å². The number of nitrogens with zero attached hydrogens (tertiary/aromatic N) is 1. The van der Waals surface area contributed by atoms with Gasteiger partial charge < -0.3 is 0 Å². The van der Waals surface area contributed by atoms with Gasteiger partial charge in [-0.05, 0) is 39.7 Å². The van der Waals surface area contributed by atoms with Crippen molar-refractivity contribution in [1.82, 2.24) is 0 Å². The minimum atomic E-state index is -0.352. The van der Waals surface area contributed by atoms with Gasteiger partial charge in [0.25, 0.3) is 5.69 Å². The smallest absolute Gasteiger partial charge is 0.258 e. The summed E-state index contributed by atoms with van der Waals surface area (Å²) in [4.78, 5) is 10.4. The van der Waals surface area contributed by atoms with Gasteiger partial charge in [0.2, 0.25) is 0 Å². The van der Waals surface area contributed by atoms with E-state index in [0.717, 1.165) is 17.1 Å². The molecule has 5 heteroatoms. The molecule has 0 aliphatic heterocycles. The van der Waals surface area contributed by atoms with Crippen molar-refractivity contribution in [2.45, 2.75) is 31.9 Å². The highest BCUT2D eigenvalue weighted by atomic mass is 79.9. The molecule has 0 fully saturated rings. The van der Waals surface area contributed by atoms with Crippen molar-refractivity contribution in [2.24, 2.45) is 0 Å². The third-order valence-electron chi connectivity index (χ3n) is 2.37. The second-order valence-electron chi connectivity index (χ2n) is 3.80. The van der Waals surface area contributed by atoms with E-state index < -0.39 is 0 Å². The molecule has 0 spiro atoms. The summed E-state index contributed by atoms with van der Waals surface area (Å²) in [5, 5.41) is 10.8. The molecule has 1 aromatic carbocycles. The number of hydrogen-bond donors (Lipinski definition) is 0. The zero-order valence-electron chi connectivity index (χ0n) is 9.82. The van der Waals surface area contributed by atoms with Crippen LogP contribution in [0.3, 0.4) is 0 Å². The number of nitro benzene ring substituents is 1. The lowest BCUT2D eigenvalue weighted by Crippen LogP contribution is -1.91. The molecular formula is C12H16BrNO2S. The van der Waals surface area contributed by atoms with E-state index in [2.05, 4.69) is 22.9 Å². The minimum Gasteiger partial charge on any atom is -0.258 e. The number of thioether (sulfide) groups is 1. The Bertz CT molecular complexity index is 385. The zero-order valence-corrected chi connectivity index (χ0v) is 12.2. The van der Waals surface area contributed by atoms with Crippen molar-refractivity contribution in [2.75, 3.05) is 5.75 Å². The number of rotatable bonds is 7. The Morgan fingerprint density at radius 2 is 2.18 bits per heavy atom. The molecule has 3 nitrogen and oxygen atoms in total. The van der Waals surface area contributed by atoms with Crippen LogP contribution in [0.15, 0.2) is 22.7 Å². The van der Waals surface area contributed by atoms with E-state index in [9.17, 15) is 10.1 Å². The van der Waals surface area contributed by atoms with Crippen molar-refractivity contribution >= 4 is 33.4 Å². The van der Waals surface area contributed by atoms with Crippen molar-refractivity contribution in [3.8, 4) is 0 Å². The summed E-state index contributed by atoms with van der Waals surface area (Å²) in [5.74, 6) is 1.97. The van der Waals surface area contributed by atoms with E-state index in [1.54, 1.807) is 12.1 Å². The maximum atomic E-state index is 10.8. The Kier molecular flexibility index (Phi) is 6.58. The third kappa shape index (κ3) is 5.08. The molecule has 94 valence electrons. The van der Waals surface area contributed by atoms with Gasteiger partial charge >= 0.3 is 0 Å². The van der Waals surface area contributed by atoms with E-state index >= 15 is 0 Å². The molecule has 0 N–H and O–H groups in total. The van der Waals surface area contributed by atoms with Crippen LogP contribution in [-0.4, -0.2) is 10.7 Å². The molecule has 0 amide bonds. The number of nitro groups is 1. The largest absolute Gasteiger partial charge is 0.283 e. The maximum Gasteiger partial charge on any atom is 0.283 e. The van der Waals surface area contributed by atoms with Crippen LogP contribution in [-0.2, 0) is 5.75 Å². The summed E-state index contributed by atoms with van der Waals surface area (Å²) in [5.41, 5.74) is 1.16. The van der Waals surface area contributed by atoms with Gasteiger partial charge in [0.1, 0.15) is 0 Å². The molecule has 0 aliphatic rings. The van der Waals surface area contributed by atoms with Crippen LogP contribution in [0.4, 0.5) is 5.69 Å². The highest BCUT2D eigenvalue weighted by Gasteiger charge is 2.11. The van der Waals surface area contributed by atoms with Crippen LogP contribution in [0.25, 0.3) is 0 Å². The summed E-state index contributed by atoms with van der Waals surface area (Å²) in [6.07, 6.45) is 3.71. The van der Waals surface area contributed by atoms with Crippen molar-refractivity contribution in [3.63, 3.8) is 0 Å². The summed E-state index contributed by atoms with van der Waals surface area (Å²) in [7, 11) is 0. The Balaban J connectivity index is 2.49. The van der Waals surface area contributed by atoms with Gasteiger partial charge in [-0.2, -0.15) is 11.8 Å². The predicted octanol–water partition coefficient (Wildman–Crippen LogP) is 4.78. The summed E-state index contributed by atoms with van der Waals surface area (Å²) >= 11 is 5.02. The first kappa shape index (κ1) is 14.5. The molecule has 0 aromatic heterocycles. The van der Waals surface area contributed by atoms with Crippen molar-refractivity contribution < 1.29 is 4.92 Å².